The summed E-state index contributed by atoms with van der Waals surface area (Å²) in [5, 5.41) is 5.09. The van der Waals surface area contributed by atoms with E-state index in [2.05, 4.69) is 5.10 Å². The molecule has 0 aliphatic heterocycles. The molecule has 1 unspecified atom stereocenters. The van der Waals surface area contributed by atoms with Gasteiger partial charge >= 0.3 is 5.97 Å². The molecular formula is C23H17FN2O3. The molecule has 0 saturated heterocycles. The second kappa shape index (κ2) is 7.67. The number of para-hydroxylation sites is 1. The lowest BCUT2D eigenvalue weighted by Gasteiger charge is -2.15. The number of hydrogen-bond donors (Lipinski definition) is 0. The molecule has 144 valence electrons. The van der Waals surface area contributed by atoms with Gasteiger partial charge in [0.25, 0.3) is 5.56 Å². The lowest BCUT2D eigenvalue weighted by molar-refractivity contribution is 0.0331. The molecule has 6 heteroatoms. The van der Waals surface area contributed by atoms with Crippen LogP contribution in [-0.4, -0.2) is 15.7 Å². The maximum Gasteiger partial charge on any atom is 0.360 e. The fourth-order valence-corrected chi connectivity index (χ4v) is 3.10. The zero-order valence-corrected chi connectivity index (χ0v) is 15.6. The van der Waals surface area contributed by atoms with Crippen LogP contribution in [0.3, 0.4) is 0 Å². The normalized spacial score (nSPS) is 11.9. The van der Waals surface area contributed by atoms with E-state index < -0.39 is 12.1 Å². The highest BCUT2D eigenvalue weighted by Gasteiger charge is 2.21. The first-order chi connectivity index (χ1) is 14.0. The largest absolute Gasteiger partial charge is 0.453 e. The van der Waals surface area contributed by atoms with Gasteiger partial charge in [0.15, 0.2) is 5.69 Å². The Bertz CT molecular complexity index is 1230. The molecule has 1 aromatic heterocycles. The Balaban J connectivity index is 1.78. The number of hydrogen-bond acceptors (Lipinski definition) is 4. The maximum atomic E-state index is 13.1. The molecule has 1 heterocycles. The molecule has 29 heavy (non-hydrogen) atoms. The first-order valence-electron chi connectivity index (χ1n) is 9.08. The van der Waals surface area contributed by atoms with Crippen molar-refractivity contribution in [1.29, 1.82) is 0 Å². The molecule has 3 aromatic carbocycles. The van der Waals surface area contributed by atoms with Gasteiger partial charge in [0, 0.05) is 5.39 Å². The Morgan fingerprint density at radius 2 is 1.55 bits per heavy atom. The Labute approximate surface area is 166 Å². The van der Waals surface area contributed by atoms with Crippen LogP contribution < -0.4 is 5.56 Å². The zero-order valence-electron chi connectivity index (χ0n) is 15.6. The van der Waals surface area contributed by atoms with Crippen LogP contribution in [0.2, 0.25) is 0 Å². The van der Waals surface area contributed by atoms with E-state index in [9.17, 15) is 14.0 Å². The molecule has 0 radical (unpaired) electrons. The van der Waals surface area contributed by atoms with E-state index in [1.807, 2.05) is 6.07 Å². The lowest BCUT2D eigenvalue weighted by Crippen LogP contribution is -2.25. The smallest absolute Gasteiger partial charge is 0.360 e. The number of rotatable bonds is 4. The third kappa shape index (κ3) is 3.65. The molecule has 0 fully saturated rings. The summed E-state index contributed by atoms with van der Waals surface area (Å²) in [7, 11) is 0. The van der Waals surface area contributed by atoms with Crippen molar-refractivity contribution in [2.45, 2.75) is 13.0 Å². The van der Waals surface area contributed by atoms with E-state index >= 15 is 0 Å². The number of esters is 1. The predicted octanol–water partition coefficient (Wildman–Crippen LogP) is 4.44. The number of halogens is 1. The number of ether oxygens (including phenoxy) is 1. The molecule has 0 saturated carbocycles. The number of fused-ring (bicyclic) bond motifs is 1. The van der Waals surface area contributed by atoms with Crippen LogP contribution in [0.4, 0.5) is 4.39 Å². The monoisotopic (exact) mass is 388 g/mol. The summed E-state index contributed by atoms with van der Waals surface area (Å²) < 4.78 is 19.9. The minimum atomic E-state index is -0.664. The zero-order chi connectivity index (χ0) is 20.4. The van der Waals surface area contributed by atoms with Gasteiger partial charge in [-0.15, -0.1) is 0 Å². The number of aromatic nitrogens is 2. The average Bonchev–Trinajstić information content (AvgIpc) is 2.75. The number of benzene rings is 3. The molecule has 0 bridgehead atoms. The summed E-state index contributed by atoms with van der Waals surface area (Å²) in [5.74, 6) is -1.03. The number of nitrogens with zero attached hydrogens (tertiary/aromatic N) is 2. The van der Waals surface area contributed by atoms with Gasteiger partial charge in [-0.2, -0.15) is 9.78 Å². The van der Waals surface area contributed by atoms with Crippen molar-refractivity contribution >= 4 is 16.7 Å². The molecular weight excluding hydrogens is 371 g/mol. The van der Waals surface area contributed by atoms with E-state index in [-0.39, 0.29) is 17.1 Å². The van der Waals surface area contributed by atoms with E-state index in [1.54, 1.807) is 67.6 Å². The van der Waals surface area contributed by atoms with E-state index in [4.69, 9.17) is 4.74 Å². The Hall–Kier alpha value is -3.80. The molecule has 4 rings (SSSR count). The van der Waals surface area contributed by atoms with Crippen LogP contribution in [0.1, 0.15) is 29.1 Å². The van der Waals surface area contributed by atoms with Crippen LogP contribution in [0.5, 0.6) is 0 Å². The molecule has 5 nitrogen and oxygen atoms in total. The second-order valence-electron chi connectivity index (χ2n) is 6.55. The van der Waals surface area contributed by atoms with Crippen molar-refractivity contribution in [3.05, 3.63) is 106 Å². The van der Waals surface area contributed by atoms with Crippen molar-refractivity contribution in [2.75, 3.05) is 0 Å². The minimum Gasteiger partial charge on any atom is -0.453 e. The second-order valence-corrected chi connectivity index (χ2v) is 6.55. The van der Waals surface area contributed by atoms with Gasteiger partial charge in [-0.3, -0.25) is 4.79 Å². The van der Waals surface area contributed by atoms with Gasteiger partial charge in [-0.1, -0.05) is 48.5 Å². The van der Waals surface area contributed by atoms with Gasteiger partial charge in [-0.05, 0) is 42.8 Å². The van der Waals surface area contributed by atoms with Crippen molar-refractivity contribution in [1.82, 2.24) is 9.78 Å². The fourth-order valence-electron chi connectivity index (χ4n) is 3.10. The van der Waals surface area contributed by atoms with Crippen LogP contribution in [0, 0.1) is 5.82 Å². The van der Waals surface area contributed by atoms with Gasteiger partial charge < -0.3 is 4.74 Å². The predicted molar refractivity (Wildman–Crippen MR) is 108 cm³/mol. The molecule has 0 spiro atoms. The standard InChI is InChI=1S/C23H17FN2O3/c1-15(16-11-13-17(24)14-12-16)29-23(28)21-19-9-5-6-10-20(19)22(27)26(25-21)18-7-3-2-4-8-18/h2-15H,1H3. The third-order valence-corrected chi connectivity index (χ3v) is 4.62. The van der Waals surface area contributed by atoms with E-state index in [0.717, 1.165) is 0 Å². The number of carbonyl (C=O) groups is 1. The van der Waals surface area contributed by atoms with Gasteiger partial charge in [0.2, 0.25) is 0 Å². The minimum absolute atomic E-state index is 0.0398. The van der Waals surface area contributed by atoms with Crippen LogP contribution in [-0.2, 0) is 4.74 Å². The van der Waals surface area contributed by atoms with Gasteiger partial charge in [-0.25, -0.2) is 9.18 Å². The van der Waals surface area contributed by atoms with Crippen LogP contribution >= 0.6 is 0 Å². The highest BCUT2D eigenvalue weighted by molar-refractivity contribution is 6.02. The molecule has 4 aromatic rings. The van der Waals surface area contributed by atoms with Crippen molar-refractivity contribution < 1.29 is 13.9 Å². The van der Waals surface area contributed by atoms with Crippen molar-refractivity contribution in [3.8, 4) is 5.69 Å². The van der Waals surface area contributed by atoms with Crippen LogP contribution in [0.25, 0.3) is 16.5 Å². The fraction of sp³-hybridized carbons (Fsp3) is 0.0870. The topological polar surface area (TPSA) is 61.2 Å². The Morgan fingerprint density at radius 1 is 0.931 bits per heavy atom. The van der Waals surface area contributed by atoms with E-state index in [0.29, 0.717) is 22.0 Å². The average molecular weight is 388 g/mol. The van der Waals surface area contributed by atoms with Crippen molar-refractivity contribution in [2.24, 2.45) is 0 Å². The first kappa shape index (κ1) is 18.6. The lowest BCUT2D eigenvalue weighted by atomic mass is 10.1. The summed E-state index contributed by atoms with van der Waals surface area (Å²) in [6.07, 6.45) is -0.610. The molecule has 1 atom stereocenters. The quantitative estimate of drug-likeness (QED) is 0.485. The summed E-state index contributed by atoms with van der Waals surface area (Å²) in [6, 6.07) is 21.4. The van der Waals surface area contributed by atoms with Gasteiger partial charge in [0.1, 0.15) is 11.9 Å². The van der Waals surface area contributed by atoms with Gasteiger partial charge in [0.05, 0.1) is 11.1 Å². The summed E-state index contributed by atoms with van der Waals surface area (Å²) >= 11 is 0. The highest BCUT2D eigenvalue weighted by atomic mass is 19.1. The molecule has 0 aliphatic rings. The molecule has 0 N–H and O–H groups in total. The summed E-state index contributed by atoms with van der Waals surface area (Å²) in [6.45, 7) is 1.69. The summed E-state index contributed by atoms with van der Waals surface area (Å²) in [4.78, 5) is 25.8. The summed E-state index contributed by atoms with van der Waals surface area (Å²) in [5.41, 5.74) is 0.914. The maximum absolute atomic E-state index is 13.1. The number of carbonyl (C=O) groups excluding carboxylic acids is 1. The first-order valence-corrected chi connectivity index (χ1v) is 9.08. The van der Waals surface area contributed by atoms with E-state index in [1.165, 1.54) is 16.8 Å². The Kier molecular flexibility index (Phi) is 4.91. The third-order valence-electron chi connectivity index (χ3n) is 4.62. The molecule has 0 aliphatic carbocycles. The SMILES string of the molecule is CC(OC(=O)c1nn(-c2ccccc2)c(=O)c2ccccc12)c1ccc(F)cc1. The molecule has 0 amide bonds. The van der Waals surface area contributed by atoms with Crippen LogP contribution in [0.15, 0.2) is 83.7 Å². The highest BCUT2D eigenvalue weighted by Crippen LogP contribution is 2.21. The Morgan fingerprint density at radius 3 is 2.24 bits per heavy atom. The van der Waals surface area contributed by atoms with Crippen molar-refractivity contribution in [3.63, 3.8) is 0 Å².